The second-order valence-electron chi connectivity index (χ2n) is 5.09. The minimum Gasteiger partial charge on any atom is -0.481 e. The van der Waals surface area contributed by atoms with E-state index in [0.29, 0.717) is 6.54 Å². The van der Waals surface area contributed by atoms with Crippen molar-refractivity contribution in [3.63, 3.8) is 0 Å². The highest BCUT2D eigenvalue weighted by atomic mass is 19.2. The van der Waals surface area contributed by atoms with Gasteiger partial charge in [0.1, 0.15) is 0 Å². The quantitative estimate of drug-likeness (QED) is 0.586. The van der Waals surface area contributed by atoms with Crippen LogP contribution in [0.1, 0.15) is 33.1 Å². The average Bonchev–Trinajstić information content (AvgIpc) is 2.44. The van der Waals surface area contributed by atoms with Gasteiger partial charge < -0.3 is 10.0 Å². The molecule has 0 heterocycles. The van der Waals surface area contributed by atoms with Gasteiger partial charge in [-0.1, -0.05) is 26.7 Å². The first-order chi connectivity index (χ1) is 9.88. The number of unbranched alkanes of at least 4 members (excludes halogenated alkanes) is 2. The normalized spacial score (nSPS) is 12.2. The topological polar surface area (TPSA) is 40.5 Å². The van der Waals surface area contributed by atoms with E-state index in [1.54, 1.807) is 0 Å². The van der Waals surface area contributed by atoms with E-state index in [1.807, 2.05) is 6.92 Å². The molecular weight excluding hydrogens is 283 g/mol. The molecule has 0 aliphatic carbocycles. The van der Waals surface area contributed by atoms with Crippen LogP contribution in [0.4, 0.5) is 18.9 Å². The van der Waals surface area contributed by atoms with Gasteiger partial charge >= 0.3 is 5.97 Å². The second-order valence-corrected chi connectivity index (χ2v) is 5.09. The lowest BCUT2D eigenvalue weighted by atomic mass is 10.1. The Labute approximate surface area is 122 Å². The summed E-state index contributed by atoms with van der Waals surface area (Å²) in [6.07, 6.45) is 2.56. The number of hydrogen-bond acceptors (Lipinski definition) is 2. The van der Waals surface area contributed by atoms with Gasteiger partial charge in [-0.2, -0.15) is 0 Å². The van der Waals surface area contributed by atoms with Gasteiger partial charge in [0, 0.05) is 13.1 Å². The molecule has 0 saturated heterocycles. The minimum atomic E-state index is -1.53. The summed E-state index contributed by atoms with van der Waals surface area (Å²) in [5.74, 6) is -5.81. The highest BCUT2D eigenvalue weighted by Crippen LogP contribution is 2.25. The Morgan fingerprint density at radius 1 is 1.24 bits per heavy atom. The third kappa shape index (κ3) is 4.65. The van der Waals surface area contributed by atoms with E-state index in [2.05, 4.69) is 0 Å². The number of carbonyl (C=O) groups is 1. The van der Waals surface area contributed by atoms with Crippen molar-refractivity contribution in [2.75, 3.05) is 18.0 Å². The van der Waals surface area contributed by atoms with E-state index < -0.39 is 29.3 Å². The van der Waals surface area contributed by atoms with Crippen LogP contribution < -0.4 is 4.90 Å². The molecule has 3 nitrogen and oxygen atoms in total. The van der Waals surface area contributed by atoms with E-state index in [1.165, 1.54) is 11.8 Å². The minimum absolute atomic E-state index is 0.0427. The standard InChI is InChI=1S/C15H20F3NO2/c1-3-4-5-8-19(9-10(2)15(20)21)12-7-6-11(16)13(17)14(12)18/h6-7,10H,3-5,8-9H2,1-2H3,(H,20,21). The van der Waals surface area contributed by atoms with E-state index in [9.17, 15) is 18.0 Å². The Kier molecular flexibility index (Phi) is 6.52. The molecule has 1 rings (SSSR count). The molecule has 0 radical (unpaired) electrons. The van der Waals surface area contributed by atoms with Crippen molar-refractivity contribution in [2.24, 2.45) is 5.92 Å². The molecule has 0 spiro atoms. The summed E-state index contributed by atoms with van der Waals surface area (Å²) in [5.41, 5.74) is -0.0990. The molecule has 0 amide bonds. The molecule has 0 fully saturated rings. The highest BCUT2D eigenvalue weighted by Gasteiger charge is 2.22. The van der Waals surface area contributed by atoms with Crippen molar-refractivity contribution in [1.82, 2.24) is 0 Å². The molecule has 0 aliphatic rings. The van der Waals surface area contributed by atoms with Gasteiger partial charge in [-0.25, -0.2) is 13.2 Å². The average molecular weight is 303 g/mol. The van der Waals surface area contributed by atoms with Crippen LogP contribution in [-0.2, 0) is 4.79 Å². The number of rotatable bonds is 8. The maximum atomic E-state index is 13.9. The number of anilines is 1. The Bertz CT molecular complexity index is 494. The molecule has 0 bridgehead atoms. The summed E-state index contributed by atoms with van der Waals surface area (Å²) in [5, 5.41) is 8.96. The summed E-state index contributed by atoms with van der Waals surface area (Å²) in [6, 6.07) is 2.00. The largest absolute Gasteiger partial charge is 0.481 e. The van der Waals surface area contributed by atoms with Crippen LogP contribution in [0.5, 0.6) is 0 Å². The first kappa shape index (κ1) is 17.3. The lowest BCUT2D eigenvalue weighted by molar-refractivity contribution is -0.140. The molecule has 0 aliphatic heterocycles. The van der Waals surface area contributed by atoms with Crippen molar-refractivity contribution in [3.8, 4) is 0 Å². The monoisotopic (exact) mass is 303 g/mol. The van der Waals surface area contributed by atoms with Gasteiger partial charge in [0.15, 0.2) is 17.5 Å². The predicted molar refractivity (Wildman–Crippen MR) is 74.9 cm³/mol. The van der Waals surface area contributed by atoms with Gasteiger partial charge in [-0.3, -0.25) is 4.79 Å². The number of halogens is 3. The zero-order chi connectivity index (χ0) is 16.0. The third-order valence-electron chi connectivity index (χ3n) is 3.30. The zero-order valence-corrected chi connectivity index (χ0v) is 12.2. The number of nitrogens with zero attached hydrogens (tertiary/aromatic N) is 1. The molecule has 1 atom stereocenters. The van der Waals surface area contributed by atoms with Crippen molar-refractivity contribution in [2.45, 2.75) is 33.1 Å². The van der Waals surface area contributed by atoms with Crippen molar-refractivity contribution >= 4 is 11.7 Å². The van der Waals surface area contributed by atoms with Crippen molar-refractivity contribution in [3.05, 3.63) is 29.6 Å². The van der Waals surface area contributed by atoms with Gasteiger partial charge in [-0.15, -0.1) is 0 Å². The summed E-state index contributed by atoms with van der Waals surface area (Å²) >= 11 is 0. The van der Waals surface area contributed by atoms with Gasteiger partial charge in [0.05, 0.1) is 11.6 Å². The van der Waals surface area contributed by atoms with Crippen LogP contribution in [0.2, 0.25) is 0 Å². The lowest BCUT2D eigenvalue weighted by Gasteiger charge is -2.27. The number of aliphatic carboxylic acids is 1. The summed E-state index contributed by atoms with van der Waals surface area (Å²) < 4.78 is 40.2. The van der Waals surface area contributed by atoms with E-state index in [4.69, 9.17) is 5.11 Å². The van der Waals surface area contributed by atoms with Crippen LogP contribution in [0, 0.1) is 23.4 Å². The SMILES string of the molecule is CCCCCN(CC(C)C(=O)O)c1ccc(F)c(F)c1F. The molecule has 1 aromatic carbocycles. The molecule has 1 N–H and O–H groups in total. The van der Waals surface area contributed by atoms with Gasteiger partial charge in [0.25, 0.3) is 0 Å². The van der Waals surface area contributed by atoms with Crippen molar-refractivity contribution < 1.29 is 23.1 Å². The molecule has 0 saturated carbocycles. The Hall–Kier alpha value is -1.72. The molecule has 1 aromatic rings. The molecule has 1 unspecified atom stereocenters. The zero-order valence-electron chi connectivity index (χ0n) is 12.2. The summed E-state index contributed by atoms with van der Waals surface area (Å²) in [4.78, 5) is 12.4. The molecule has 21 heavy (non-hydrogen) atoms. The van der Waals surface area contributed by atoms with Gasteiger partial charge in [-0.05, 0) is 18.6 Å². The fourth-order valence-electron chi connectivity index (χ4n) is 2.03. The second kappa shape index (κ2) is 7.90. The highest BCUT2D eigenvalue weighted by molar-refractivity contribution is 5.70. The Morgan fingerprint density at radius 2 is 1.90 bits per heavy atom. The lowest BCUT2D eigenvalue weighted by Crippen LogP contribution is -2.33. The fourth-order valence-corrected chi connectivity index (χ4v) is 2.03. The maximum absolute atomic E-state index is 13.9. The third-order valence-corrected chi connectivity index (χ3v) is 3.30. The summed E-state index contributed by atoms with van der Waals surface area (Å²) in [7, 11) is 0. The van der Waals surface area contributed by atoms with E-state index in [0.717, 1.165) is 31.4 Å². The number of hydrogen-bond donors (Lipinski definition) is 1. The summed E-state index contributed by atoms with van der Waals surface area (Å²) in [6.45, 7) is 3.93. The molecule has 118 valence electrons. The number of carboxylic acid groups (broad SMARTS) is 1. The van der Waals surface area contributed by atoms with E-state index >= 15 is 0 Å². The maximum Gasteiger partial charge on any atom is 0.308 e. The first-order valence-electron chi connectivity index (χ1n) is 6.99. The van der Waals surface area contributed by atoms with Crippen LogP contribution in [0.15, 0.2) is 12.1 Å². The molecular formula is C15H20F3NO2. The molecule has 0 aromatic heterocycles. The number of benzene rings is 1. The van der Waals surface area contributed by atoms with Crippen LogP contribution in [-0.4, -0.2) is 24.2 Å². The first-order valence-corrected chi connectivity index (χ1v) is 6.99. The Morgan fingerprint density at radius 3 is 2.48 bits per heavy atom. The van der Waals surface area contributed by atoms with Crippen LogP contribution in [0.3, 0.4) is 0 Å². The number of carboxylic acids is 1. The van der Waals surface area contributed by atoms with Crippen molar-refractivity contribution in [1.29, 1.82) is 0 Å². The van der Waals surface area contributed by atoms with Crippen LogP contribution in [0.25, 0.3) is 0 Å². The molecule has 6 heteroatoms. The Balaban J connectivity index is 2.99. The van der Waals surface area contributed by atoms with E-state index in [-0.39, 0.29) is 12.2 Å². The smallest absolute Gasteiger partial charge is 0.308 e. The van der Waals surface area contributed by atoms with Gasteiger partial charge in [0.2, 0.25) is 0 Å². The predicted octanol–water partition coefficient (Wildman–Crippen LogP) is 3.82. The van der Waals surface area contributed by atoms with Crippen LogP contribution >= 0.6 is 0 Å². The fraction of sp³-hybridized carbons (Fsp3) is 0.533.